The van der Waals surface area contributed by atoms with Crippen LogP contribution in [0.5, 0.6) is 5.75 Å². The van der Waals surface area contributed by atoms with E-state index in [-0.39, 0.29) is 6.04 Å². The topological polar surface area (TPSA) is 115 Å². The van der Waals surface area contributed by atoms with Crippen molar-refractivity contribution in [3.63, 3.8) is 0 Å². The number of nitrogens with two attached hydrogens (primary N) is 1. The van der Waals surface area contributed by atoms with Gasteiger partial charge in [0.15, 0.2) is 0 Å². The summed E-state index contributed by atoms with van der Waals surface area (Å²) < 4.78 is 8.17. The van der Waals surface area contributed by atoms with Crippen molar-refractivity contribution in [3.8, 4) is 16.9 Å². The Morgan fingerprint density at radius 1 is 1.15 bits per heavy atom. The highest BCUT2D eigenvalue weighted by atomic mass is 16.5. The van der Waals surface area contributed by atoms with Gasteiger partial charge in [0.1, 0.15) is 30.1 Å². The molecule has 1 saturated carbocycles. The van der Waals surface area contributed by atoms with E-state index in [1.165, 1.54) is 6.33 Å². The summed E-state index contributed by atoms with van der Waals surface area (Å²) in [5, 5.41) is 12.1. The largest absolute Gasteiger partial charge is 0.489 e. The highest BCUT2D eigenvalue weighted by Crippen LogP contribution is 2.42. The molecule has 168 valence electrons. The summed E-state index contributed by atoms with van der Waals surface area (Å²) in [6.45, 7) is 0.959. The minimum absolute atomic E-state index is 0.244. The van der Waals surface area contributed by atoms with E-state index >= 15 is 0 Å². The molecule has 2 aromatic heterocycles. The van der Waals surface area contributed by atoms with Crippen molar-refractivity contribution in [2.75, 3.05) is 12.3 Å². The first-order valence-electron chi connectivity index (χ1n) is 10.9. The van der Waals surface area contributed by atoms with Crippen LogP contribution in [-0.2, 0) is 6.61 Å². The molecular formula is C25H25N5O3. The number of amides is 1. The number of aromatic nitrogens is 3. The summed E-state index contributed by atoms with van der Waals surface area (Å²) in [5.41, 5.74) is 10.1. The Hall–Kier alpha value is -4.07. The molecule has 0 aliphatic heterocycles. The maximum Gasteiger partial charge on any atom is 0.404 e. The summed E-state index contributed by atoms with van der Waals surface area (Å²) in [4.78, 5) is 19.5. The van der Waals surface area contributed by atoms with Gasteiger partial charge in [-0.2, -0.15) is 0 Å². The zero-order valence-corrected chi connectivity index (χ0v) is 18.0. The zero-order chi connectivity index (χ0) is 22.8. The van der Waals surface area contributed by atoms with E-state index in [0.29, 0.717) is 24.9 Å². The second-order valence-electron chi connectivity index (χ2n) is 8.39. The Bertz CT molecular complexity index is 1280. The van der Waals surface area contributed by atoms with Crippen molar-refractivity contribution < 1.29 is 14.6 Å². The molecule has 33 heavy (non-hydrogen) atoms. The molecule has 4 aromatic rings. The number of hydrogen-bond donors (Lipinski definition) is 3. The molecular weight excluding hydrogens is 418 g/mol. The van der Waals surface area contributed by atoms with E-state index in [1.807, 2.05) is 54.6 Å². The van der Waals surface area contributed by atoms with Gasteiger partial charge in [0.2, 0.25) is 0 Å². The molecule has 0 atom stereocenters. The lowest BCUT2D eigenvalue weighted by molar-refractivity contribution is 0.171. The number of rotatable bonds is 7. The number of nitrogens with zero attached hydrogens (tertiary/aromatic N) is 3. The van der Waals surface area contributed by atoms with Crippen molar-refractivity contribution in [1.29, 1.82) is 0 Å². The second kappa shape index (κ2) is 8.82. The lowest BCUT2D eigenvalue weighted by atomic mass is 9.80. The molecule has 8 nitrogen and oxygen atoms in total. The SMILES string of the molecule is Nc1ncnc2c1c(-c1cccc(OCc3ccccc3)c1)cn2C1CC(CNC(=O)O)C1. The summed E-state index contributed by atoms with van der Waals surface area (Å²) in [6.07, 6.45) is 4.35. The van der Waals surface area contributed by atoms with E-state index in [1.54, 1.807) is 0 Å². The van der Waals surface area contributed by atoms with Crippen LogP contribution in [0.15, 0.2) is 67.1 Å². The summed E-state index contributed by atoms with van der Waals surface area (Å²) >= 11 is 0. The third kappa shape index (κ3) is 4.32. The van der Waals surface area contributed by atoms with Crippen molar-refractivity contribution in [2.45, 2.75) is 25.5 Å². The fourth-order valence-electron chi connectivity index (χ4n) is 4.43. The van der Waals surface area contributed by atoms with Gasteiger partial charge in [0.05, 0.1) is 5.39 Å². The fourth-order valence-corrected chi connectivity index (χ4v) is 4.43. The van der Waals surface area contributed by atoms with Gasteiger partial charge in [-0.25, -0.2) is 14.8 Å². The van der Waals surface area contributed by atoms with Crippen LogP contribution in [0.2, 0.25) is 0 Å². The summed E-state index contributed by atoms with van der Waals surface area (Å²) in [6, 6.07) is 18.2. The Balaban J connectivity index is 1.41. The molecule has 2 aromatic carbocycles. The van der Waals surface area contributed by atoms with Crippen LogP contribution < -0.4 is 15.8 Å². The minimum atomic E-state index is -0.984. The average Bonchev–Trinajstić information content (AvgIpc) is 3.18. The predicted molar refractivity (Wildman–Crippen MR) is 126 cm³/mol. The average molecular weight is 444 g/mol. The molecule has 5 rings (SSSR count). The Labute approximate surface area is 191 Å². The van der Waals surface area contributed by atoms with Crippen LogP contribution >= 0.6 is 0 Å². The molecule has 0 unspecified atom stereocenters. The molecule has 0 bridgehead atoms. The monoisotopic (exact) mass is 443 g/mol. The molecule has 2 heterocycles. The van der Waals surface area contributed by atoms with Gasteiger partial charge in [0.25, 0.3) is 0 Å². The Morgan fingerprint density at radius 2 is 1.97 bits per heavy atom. The Kier molecular flexibility index (Phi) is 5.56. The first kappa shape index (κ1) is 20.8. The molecule has 8 heteroatoms. The summed E-state index contributed by atoms with van der Waals surface area (Å²) in [5.74, 6) is 1.53. The number of ether oxygens (including phenoxy) is 1. The third-order valence-electron chi connectivity index (χ3n) is 6.18. The van der Waals surface area contributed by atoms with Crippen LogP contribution in [0.4, 0.5) is 10.6 Å². The lowest BCUT2D eigenvalue weighted by Crippen LogP contribution is -2.36. The number of nitrogens with one attached hydrogen (secondary N) is 1. The number of nitrogen functional groups attached to an aromatic ring is 1. The maximum atomic E-state index is 10.8. The van der Waals surface area contributed by atoms with E-state index < -0.39 is 6.09 Å². The number of benzene rings is 2. The van der Waals surface area contributed by atoms with Gasteiger partial charge in [-0.05, 0) is 42.0 Å². The molecule has 1 aliphatic carbocycles. The molecule has 1 amide bonds. The number of carboxylic acid groups (broad SMARTS) is 1. The zero-order valence-electron chi connectivity index (χ0n) is 18.0. The van der Waals surface area contributed by atoms with Gasteiger partial charge in [-0.3, -0.25) is 0 Å². The summed E-state index contributed by atoms with van der Waals surface area (Å²) in [7, 11) is 0. The molecule has 0 spiro atoms. The van der Waals surface area contributed by atoms with Crippen molar-refractivity contribution in [2.24, 2.45) is 5.92 Å². The van der Waals surface area contributed by atoms with Gasteiger partial charge >= 0.3 is 6.09 Å². The molecule has 4 N–H and O–H groups in total. The highest BCUT2D eigenvalue weighted by Gasteiger charge is 2.32. The maximum absolute atomic E-state index is 10.8. The van der Waals surface area contributed by atoms with Gasteiger partial charge < -0.3 is 25.5 Å². The van der Waals surface area contributed by atoms with E-state index in [0.717, 1.165) is 46.3 Å². The van der Waals surface area contributed by atoms with Crippen LogP contribution in [0.1, 0.15) is 24.4 Å². The molecule has 0 radical (unpaired) electrons. The highest BCUT2D eigenvalue weighted by molar-refractivity contribution is 6.00. The first-order chi connectivity index (χ1) is 16.1. The van der Waals surface area contributed by atoms with Crippen LogP contribution in [0, 0.1) is 5.92 Å². The molecule has 1 aliphatic rings. The normalized spacial score (nSPS) is 17.5. The van der Waals surface area contributed by atoms with Crippen LogP contribution in [0.3, 0.4) is 0 Å². The van der Waals surface area contributed by atoms with E-state index in [9.17, 15) is 4.79 Å². The predicted octanol–water partition coefficient (Wildman–Crippen LogP) is 4.48. The fraction of sp³-hybridized carbons (Fsp3) is 0.240. The minimum Gasteiger partial charge on any atom is -0.489 e. The van der Waals surface area contributed by atoms with Crippen LogP contribution in [0.25, 0.3) is 22.2 Å². The lowest BCUT2D eigenvalue weighted by Gasteiger charge is -2.36. The third-order valence-corrected chi connectivity index (χ3v) is 6.18. The van der Waals surface area contributed by atoms with Crippen LogP contribution in [-0.4, -0.2) is 32.3 Å². The Morgan fingerprint density at radius 3 is 2.76 bits per heavy atom. The van der Waals surface area contributed by atoms with Crippen molar-refractivity contribution in [1.82, 2.24) is 19.9 Å². The standard InChI is InChI=1S/C25H25N5O3/c26-23-22-21(18-7-4-8-20(11-18)33-14-16-5-2-1-3-6-16)13-30(24(22)29-15-28-23)19-9-17(10-19)12-27-25(31)32/h1-8,11,13,15,17,19,27H,9-10,12,14H2,(H,31,32)(H2,26,28,29). The number of fused-ring (bicyclic) bond motifs is 1. The van der Waals surface area contributed by atoms with Crippen molar-refractivity contribution >= 4 is 22.9 Å². The number of carbonyl (C=O) groups is 1. The van der Waals surface area contributed by atoms with E-state index in [2.05, 4.69) is 26.0 Å². The molecule has 1 fully saturated rings. The van der Waals surface area contributed by atoms with E-state index in [4.69, 9.17) is 15.6 Å². The van der Waals surface area contributed by atoms with Gasteiger partial charge in [0, 0.05) is 24.3 Å². The second-order valence-corrected chi connectivity index (χ2v) is 8.39. The van der Waals surface area contributed by atoms with Crippen molar-refractivity contribution in [3.05, 3.63) is 72.7 Å². The first-order valence-corrected chi connectivity index (χ1v) is 10.9. The quantitative estimate of drug-likeness (QED) is 0.388. The molecule has 0 saturated heterocycles. The number of hydrogen-bond acceptors (Lipinski definition) is 5. The smallest absolute Gasteiger partial charge is 0.404 e. The van der Waals surface area contributed by atoms with Gasteiger partial charge in [-0.1, -0.05) is 42.5 Å². The number of anilines is 1. The van der Waals surface area contributed by atoms with Gasteiger partial charge in [-0.15, -0.1) is 0 Å².